The summed E-state index contributed by atoms with van der Waals surface area (Å²) in [6, 6.07) is 16.8. The third kappa shape index (κ3) is 9.38. The van der Waals surface area contributed by atoms with Crippen LogP contribution in [-0.4, -0.2) is 64.5 Å². The van der Waals surface area contributed by atoms with E-state index in [1.54, 1.807) is 14.2 Å². The fourth-order valence-electron chi connectivity index (χ4n) is 3.74. The van der Waals surface area contributed by atoms with Crippen LogP contribution in [0.2, 0.25) is 0 Å². The van der Waals surface area contributed by atoms with Crippen LogP contribution < -0.4 is 20.1 Å². The van der Waals surface area contributed by atoms with Crippen molar-refractivity contribution in [1.82, 2.24) is 15.5 Å². The van der Waals surface area contributed by atoms with Gasteiger partial charge < -0.3 is 24.8 Å². The van der Waals surface area contributed by atoms with Gasteiger partial charge in [0.25, 0.3) is 0 Å². The lowest BCUT2D eigenvalue weighted by Gasteiger charge is -2.31. The van der Waals surface area contributed by atoms with Gasteiger partial charge in [-0.25, -0.2) is 0 Å². The lowest BCUT2D eigenvalue weighted by atomic mass is 10.1. The number of nitrogens with one attached hydrogen (secondary N) is 2. The average molecular weight is 569 g/mol. The molecule has 3 rings (SSSR count). The Morgan fingerprint density at radius 2 is 1.64 bits per heavy atom. The Kier molecular flexibility index (Phi) is 12.3. The third-order valence-corrected chi connectivity index (χ3v) is 5.70. The van der Waals surface area contributed by atoms with Gasteiger partial charge in [-0.05, 0) is 55.3 Å². The van der Waals surface area contributed by atoms with E-state index in [9.17, 15) is 0 Å². The van der Waals surface area contributed by atoms with Gasteiger partial charge in [0.15, 0.2) is 5.96 Å². The van der Waals surface area contributed by atoms with Gasteiger partial charge in [-0.3, -0.25) is 9.89 Å². The van der Waals surface area contributed by atoms with E-state index in [1.807, 2.05) is 30.3 Å². The Labute approximate surface area is 214 Å². The zero-order chi connectivity index (χ0) is 22.6. The molecular formula is C25H37IN4O3. The topological polar surface area (TPSA) is 67.4 Å². The molecule has 0 amide bonds. The quantitative estimate of drug-likeness (QED) is 0.259. The van der Waals surface area contributed by atoms with Crippen molar-refractivity contribution in [2.24, 2.45) is 4.99 Å². The highest BCUT2D eigenvalue weighted by Gasteiger charge is 2.17. The minimum atomic E-state index is 0. The highest BCUT2D eigenvalue weighted by atomic mass is 127. The fourth-order valence-corrected chi connectivity index (χ4v) is 3.74. The van der Waals surface area contributed by atoms with Gasteiger partial charge in [0.2, 0.25) is 0 Å². The molecule has 2 aromatic rings. The number of hydrogen-bond acceptors (Lipinski definition) is 5. The van der Waals surface area contributed by atoms with Gasteiger partial charge in [-0.15, -0.1) is 24.0 Å². The average Bonchev–Trinajstić information content (AvgIpc) is 2.85. The van der Waals surface area contributed by atoms with Crippen LogP contribution in [0.25, 0.3) is 0 Å². The summed E-state index contributed by atoms with van der Waals surface area (Å²) >= 11 is 0. The number of rotatable bonds is 10. The van der Waals surface area contributed by atoms with Crippen molar-refractivity contribution in [3.8, 4) is 11.5 Å². The first kappa shape index (κ1) is 27.2. The maximum Gasteiger partial charge on any atom is 0.191 e. The first-order valence-electron chi connectivity index (χ1n) is 11.2. The van der Waals surface area contributed by atoms with Crippen LogP contribution in [0.3, 0.4) is 0 Å². The van der Waals surface area contributed by atoms with E-state index in [-0.39, 0.29) is 24.0 Å². The number of ether oxygens (including phenoxy) is 3. The van der Waals surface area contributed by atoms with Crippen LogP contribution in [0.1, 0.15) is 24.0 Å². The van der Waals surface area contributed by atoms with Crippen LogP contribution in [0, 0.1) is 0 Å². The summed E-state index contributed by atoms with van der Waals surface area (Å²) in [5.41, 5.74) is 2.28. The second-order valence-electron chi connectivity index (χ2n) is 7.95. The summed E-state index contributed by atoms with van der Waals surface area (Å²) in [5, 5.41) is 6.70. The Morgan fingerprint density at radius 1 is 1.03 bits per heavy atom. The number of halogens is 1. The number of likely N-dealkylation sites (N-methyl/N-ethyl adjacent to an activating group) is 1. The third-order valence-electron chi connectivity index (χ3n) is 5.70. The van der Waals surface area contributed by atoms with E-state index >= 15 is 0 Å². The Bertz CT molecular complexity index is 859. The summed E-state index contributed by atoms with van der Waals surface area (Å²) in [5.74, 6) is 2.49. The number of benzene rings is 2. The molecule has 0 unspecified atom stereocenters. The van der Waals surface area contributed by atoms with Crippen LogP contribution in [0.15, 0.2) is 53.5 Å². The predicted octanol–water partition coefficient (Wildman–Crippen LogP) is 3.67. The number of methoxy groups -OCH3 is 1. The van der Waals surface area contributed by atoms with Crippen molar-refractivity contribution in [2.45, 2.75) is 32.0 Å². The summed E-state index contributed by atoms with van der Waals surface area (Å²) in [6.45, 7) is 4.64. The molecule has 182 valence electrons. The van der Waals surface area contributed by atoms with E-state index in [2.05, 4.69) is 45.8 Å². The molecule has 1 heterocycles. The molecule has 1 fully saturated rings. The molecule has 0 atom stereocenters. The molecule has 1 aliphatic rings. The number of nitrogens with zero attached hydrogens (tertiary/aromatic N) is 2. The maximum absolute atomic E-state index is 6.01. The molecule has 33 heavy (non-hydrogen) atoms. The number of hydrogen-bond donors (Lipinski definition) is 2. The second-order valence-corrected chi connectivity index (χ2v) is 7.95. The Morgan fingerprint density at radius 3 is 2.24 bits per heavy atom. The van der Waals surface area contributed by atoms with Crippen molar-refractivity contribution >= 4 is 29.9 Å². The second kappa shape index (κ2) is 15.0. The summed E-state index contributed by atoms with van der Waals surface area (Å²) < 4.78 is 16.7. The zero-order valence-corrected chi connectivity index (χ0v) is 22.2. The lowest BCUT2D eigenvalue weighted by molar-refractivity contribution is 0.0392. The Hall–Kier alpha value is -2.04. The van der Waals surface area contributed by atoms with Crippen LogP contribution in [0.5, 0.6) is 11.5 Å². The van der Waals surface area contributed by atoms with Gasteiger partial charge in [0, 0.05) is 45.9 Å². The predicted molar refractivity (Wildman–Crippen MR) is 144 cm³/mol. The van der Waals surface area contributed by atoms with Crippen LogP contribution in [-0.2, 0) is 17.8 Å². The van der Waals surface area contributed by atoms with Crippen molar-refractivity contribution in [2.75, 3.05) is 47.6 Å². The summed E-state index contributed by atoms with van der Waals surface area (Å²) in [7, 11) is 5.62. The van der Waals surface area contributed by atoms with Gasteiger partial charge in [0.1, 0.15) is 18.1 Å². The minimum Gasteiger partial charge on any atom is -0.497 e. The molecule has 1 aliphatic heterocycles. The number of aliphatic imine (C=N–C) groups is 1. The smallest absolute Gasteiger partial charge is 0.191 e. The van der Waals surface area contributed by atoms with Crippen LogP contribution >= 0.6 is 24.0 Å². The Balaban J connectivity index is 0.00000385. The van der Waals surface area contributed by atoms with Crippen LogP contribution in [0.4, 0.5) is 0 Å². The molecule has 0 spiro atoms. The molecule has 7 nitrogen and oxygen atoms in total. The molecule has 1 saturated heterocycles. The molecule has 2 N–H and O–H groups in total. The van der Waals surface area contributed by atoms with E-state index in [0.717, 1.165) is 61.2 Å². The molecule has 0 bridgehead atoms. The fraction of sp³-hybridized carbons (Fsp3) is 0.480. The van der Waals surface area contributed by atoms with Gasteiger partial charge in [-0.1, -0.05) is 24.3 Å². The monoisotopic (exact) mass is 568 g/mol. The van der Waals surface area contributed by atoms with E-state index in [4.69, 9.17) is 14.2 Å². The van der Waals surface area contributed by atoms with Gasteiger partial charge in [-0.2, -0.15) is 0 Å². The van der Waals surface area contributed by atoms with E-state index in [1.165, 1.54) is 0 Å². The van der Waals surface area contributed by atoms with E-state index in [0.29, 0.717) is 25.7 Å². The molecule has 0 radical (unpaired) electrons. The highest BCUT2D eigenvalue weighted by Crippen LogP contribution is 2.15. The normalized spacial score (nSPS) is 14.5. The first-order valence-corrected chi connectivity index (χ1v) is 11.2. The first-order chi connectivity index (χ1) is 15.7. The highest BCUT2D eigenvalue weighted by molar-refractivity contribution is 14.0. The summed E-state index contributed by atoms with van der Waals surface area (Å²) in [4.78, 5) is 6.69. The largest absolute Gasteiger partial charge is 0.497 e. The minimum absolute atomic E-state index is 0. The molecule has 0 aromatic heterocycles. The van der Waals surface area contributed by atoms with Crippen molar-refractivity contribution in [3.05, 3.63) is 59.7 Å². The SMILES string of the molecule is CN=C(NCc1cccc(OC)c1)NCc1cccc(OCCN(C)C2CCOCC2)c1.I. The molecule has 8 heteroatoms. The van der Waals surface area contributed by atoms with Crippen molar-refractivity contribution in [3.63, 3.8) is 0 Å². The standard InChI is InChI=1S/C25H36N4O3.HI/c1-26-25(27-18-20-6-4-8-23(16-20)30-3)28-19-21-7-5-9-24(17-21)32-15-12-29(2)22-10-13-31-14-11-22;/h4-9,16-17,22H,10-15,18-19H2,1-3H3,(H2,26,27,28);1H. The van der Waals surface area contributed by atoms with Gasteiger partial charge in [0.05, 0.1) is 7.11 Å². The number of guanidine groups is 1. The lowest BCUT2D eigenvalue weighted by Crippen LogP contribution is -2.38. The zero-order valence-electron chi connectivity index (χ0n) is 19.9. The van der Waals surface area contributed by atoms with Crippen molar-refractivity contribution < 1.29 is 14.2 Å². The molecule has 0 aliphatic carbocycles. The van der Waals surface area contributed by atoms with E-state index < -0.39 is 0 Å². The molecule has 0 saturated carbocycles. The molecule has 2 aromatic carbocycles. The maximum atomic E-state index is 6.01. The van der Waals surface area contributed by atoms with Crippen molar-refractivity contribution in [1.29, 1.82) is 0 Å². The summed E-state index contributed by atoms with van der Waals surface area (Å²) in [6.07, 6.45) is 2.20. The van der Waals surface area contributed by atoms with Gasteiger partial charge >= 0.3 is 0 Å². The molecular weight excluding hydrogens is 531 g/mol.